The number of ether oxygens (including phenoxy) is 1. The Morgan fingerprint density at radius 3 is 2.46 bits per heavy atom. The molecule has 1 rings (SSSR count). The van der Waals surface area contributed by atoms with Crippen molar-refractivity contribution in [3.63, 3.8) is 0 Å². The molecule has 0 aliphatic heterocycles. The number of rotatable bonds is 9. The van der Waals surface area contributed by atoms with Crippen LogP contribution in [0.5, 0.6) is 5.75 Å². The van der Waals surface area contributed by atoms with Gasteiger partial charge in [0.2, 0.25) is 10.0 Å². The van der Waals surface area contributed by atoms with Gasteiger partial charge in [-0.05, 0) is 56.4 Å². The van der Waals surface area contributed by atoms with Gasteiger partial charge < -0.3 is 20.9 Å². The first kappa shape index (κ1) is 21.7. The Morgan fingerprint density at radius 2 is 1.96 bits per heavy atom. The summed E-state index contributed by atoms with van der Waals surface area (Å²) in [6.45, 7) is 5.32. The lowest BCUT2D eigenvalue weighted by Gasteiger charge is -2.19. The van der Waals surface area contributed by atoms with Gasteiger partial charge in [0, 0.05) is 6.54 Å². The third-order valence-corrected chi connectivity index (χ3v) is 5.81. The topological polar surface area (TPSA) is 155 Å². The molecule has 0 bridgehead atoms. The summed E-state index contributed by atoms with van der Waals surface area (Å²) >= 11 is 0. The molecule has 0 fully saturated rings. The Bertz CT molecular complexity index is 792. The number of methoxy groups -OCH3 is 1. The van der Waals surface area contributed by atoms with Crippen LogP contribution in [0.2, 0.25) is 0 Å². The number of nitrogens with one attached hydrogen (secondary N) is 3. The molecule has 0 radical (unpaired) electrons. The molecule has 0 spiro atoms. The predicted octanol–water partition coefficient (Wildman–Crippen LogP) is 0.615. The number of carboxylic acids is 1. The molecule has 1 aromatic rings. The molecule has 0 aliphatic carbocycles. The molecule has 9 nitrogen and oxygen atoms in total. The molecular weight excluding hydrogens is 360 g/mol. The Labute approximate surface area is 153 Å². The first-order valence-corrected chi connectivity index (χ1v) is 9.47. The van der Waals surface area contributed by atoms with Crippen LogP contribution in [0.3, 0.4) is 0 Å². The second kappa shape index (κ2) is 8.86. The zero-order chi connectivity index (χ0) is 20.1. The lowest BCUT2D eigenvalue weighted by molar-refractivity contribution is -0.139. The van der Waals surface area contributed by atoms with E-state index in [2.05, 4.69) is 10.0 Å². The molecule has 1 unspecified atom stereocenters. The third kappa shape index (κ3) is 5.33. The monoisotopic (exact) mass is 386 g/mol. The molecule has 6 N–H and O–H groups in total. The number of sulfonamides is 1. The Morgan fingerprint density at radius 1 is 1.35 bits per heavy atom. The zero-order valence-corrected chi connectivity index (χ0v) is 16.2. The van der Waals surface area contributed by atoms with Crippen LogP contribution < -0.4 is 20.5 Å². The van der Waals surface area contributed by atoms with Crippen LogP contribution in [0.15, 0.2) is 11.0 Å². The first-order valence-electron chi connectivity index (χ1n) is 7.99. The quantitative estimate of drug-likeness (QED) is 0.237. The highest BCUT2D eigenvalue weighted by molar-refractivity contribution is 7.89. The van der Waals surface area contributed by atoms with Gasteiger partial charge in [-0.3, -0.25) is 10.2 Å². The minimum Gasteiger partial charge on any atom is -0.496 e. The molecule has 1 atom stereocenters. The molecule has 0 amide bonds. The number of aryl methyl sites for hydroxylation is 1. The van der Waals surface area contributed by atoms with Crippen molar-refractivity contribution in [2.75, 3.05) is 13.7 Å². The molecule has 0 heterocycles. The molecule has 0 saturated carbocycles. The van der Waals surface area contributed by atoms with Crippen molar-refractivity contribution in [3.05, 3.63) is 22.8 Å². The highest BCUT2D eigenvalue weighted by Gasteiger charge is 2.28. The van der Waals surface area contributed by atoms with Gasteiger partial charge in [-0.25, -0.2) is 8.42 Å². The highest BCUT2D eigenvalue weighted by Crippen LogP contribution is 2.30. The molecule has 146 valence electrons. The largest absolute Gasteiger partial charge is 0.496 e. The maximum absolute atomic E-state index is 12.8. The van der Waals surface area contributed by atoms with Gasteiger partial charge in [0.1, 0.15) is 11.8 Å². The van der Waals surface area contributed by atoms with Crippen LogP contribution in [0.25, 0.3) is 0 Å². The summed E-state index contributed by atoms with van der Waals surface area (Å²) in [6, 6.07) is 0.332. The summed E-state index contributed by atoms with van der Waals surface area (Å²) in [5, 5.41) is 18.9. The third-order valence-electron chi connectivity index (χ3n) is 4.05. The van der Waals surface area contributed by atoms with Crippen molar-refractivity contribution in [2.24, 2.45) is 5.73 Å². The fourth-order valence-corrected chi connectivity index (χ4v) is 4.41. The second-order valence-electron chi connectivity index (χ2n) is 5.97. The van der Waals surface area contributed by atoms with Gasteiger partial charge in [-0.2, -0.15) is 4.72 Å². The van der Waals surface area contributed by atoms with Gasteiger partial charge in [0.25, 0.3) is 0 Å². The average Bonchev–Trinajstić information content (AvgIpc) is 2.53. The number of carbonyl (C=O) groups is 1. The molecule has 0 aromatic heterocycles. The van der Waals surface area contributed by atoms with E-state index in [9.17, 15) is 18.3 Å². The number of hydrogen-bond donors (Lipinski definition) is 5. The number of hydrogen-bond acceptors (Lipinski definition) is 5. The fraction of sp³-hybridized carbons (Fsp3) is 0.500. The maximum atomic E-state index is 12.8. The van der Waals surface area contributed by atoms with Crippen molar-refractivity contribution in [3.8, 4) is 5.75 Å². The maximum Gasteiger partial charge on any atom is 0.321 e. The molecule has 26 heavy (non-hydrogen) atoms. The van der Waals surface area contributed by atoms with E-state index >= 15 is 0 Å². The summed E-state index contributed by atoms with van der Waals surface area (Å²) in [5.74, 6) is -0.918. The highest BCUT2D eigenvalue weighted by atomic mass is 32.2. The van der Waals surface area contributed by atoms with Gasteiger partial charge in [0.05, 0.1) is 12.0 Å². The Balaban J connectivity index is 3.07. The van der Waals surface area contributed by atoms with E-state index in [0.717, 1.165) is 0 Å². The molecule has 1 aromatic carbocycles. The average molecular weight is 386 g/mol. The second-order valence-corrected chi connectivity index (χ2v) is 7.62. The number of carboxylic acid groups (broad SMARTS) is 1. The summed E-state index contributed by atoms with van der Waals surface area (Å²) in [4.78, 5) is 11.5. The van der Waals surface area contributed by atoms with Gasteiger partial charge >= 0.3 is 5.97 Å². The van der Waals surface area contributed by atoms with Crippen LogP contribution in [-0.4, -0.2) is 45.1 Å². The normalized spacial score (nSPS) is 12.5. The minimum atomic E-state index is -4.04. The van der Waals surface area contributed by atoms with E-state index in [4.69, 9.17) is 15.9 Å². The lowest BCUT2D eigenvalue weighted by atomic mass is 10.1. The fourth-order valence-electron chi connectivity index (χ4n) is 2.66. The summed E-state index contributed by atoms with van der Waals surface area (Å²) in [7, 11) is -2.54. The van der Waals surface area contributed by atoms with Gasteiger partial charge in [-0.1, -0.05) is 0 Å². The van der Waals surface area contributed by atoms with Crippen LogP contribution in [-0.2, 0) is 14.8 Å². The van der Waals surface area contributed by atoms with Crippen LogP contribution >= 0.6 is 0 Å². The van der Waals surface area contributed by atoms with E-state index < -0.39 is 22.0 Å². The van der Waals surface area contributed by atoms with E-state index in [-0.39, 0.29) is 23.8 Å². The predicted molar refractivity (Wildman–Crippen MR) is 98.1 cm³/mol. The van der Waals surface area contributed by atoms with Crippen molar-refractivity contribution >= 4 is 22.0 Å². The molecule has 10 heteroatoms. The standard InChI is InChI=1S/C16H26N4O5S/c1-9-8-13(25-4)10(2)11(3)14(9)26(23,24)20-12(15(21)22)6-5-7-19-16(17)18/h8,12,20H,5-7H2,1-4H3,(H,21,22)(H4,17,18,19). The first-order chi connectivity index (χ1) is 12.0. The van der Waals surface area contributed by atoms with Gasteiger partial charge in [-0.15, -0.1) is 0 Å². The van der Waals surface area contributed by atoms with Crippen molar-refractivity contribution in [1.82, 2.24) is 10.0 Å². The van der Waals surface area contributed by atoms with Crippen LogP contribution in [0.4, 0.5) is 0 Å². The Hall–Kier alpha value is -2.33. The van der Waals surface area contributed by atoms with Gasteiger partial charge in [0.15, 0.2) is 5.96 Å². The zero-order valence-electron chi connectivity index (χ0n) is 15.3. The minimum absolute atomic E-state index is 0.0576. The van der Waals surface area contributed by atoms with Crippen LogP contribution in [0, 0.1) is 26.2 Å². The molecule has 0 saturated heterocycles. The molecule has 0 aliphatic rings. The number of benzene rings is 1. The number of guanidine groups is 1. The summed E-state index contributed by atoms with van der Waals surface area (Å²) in [6.07, 6.45) is 0.390. The summed E-state index contributed by atoms with van der Waals surface area (Å²) < 4.78 is 33.1. The summed E-state index contributed by atoms with van der Waals surface area (Å²) in [5.41, 5.74) is 6.81. The van der Waals surface area contributed by atoms with E-state index in [1.165, 1.54) is 7.11 Å². The smallest absolute Gasteiger partial charge is 0.321 e. The van der Waals surface area contributed by atoms with Crippen molar-refractivity contribution in [2.45, 2.75) is 44.6 Å². The SMILES string of the molecule is COc1cc(C)c(S(=O)(=O)NC(CCCNC(=N)N)C(=O)O)c(C)c1C. The lowest BCUT2D eigenvalue weighted by Crippen LogP contribution is -2.42. The number of nitrogens with two attached hydrogens (primary N) is 1. The Kier molecular flexibility index (Phi) is 7.40. The van der Waals surface area contributed by atoms with E-state index in [0.29, 0.717) is 28.9 Å². The van der Waals surface area contributed by atoms with E-state index in [1.807, 2.05) is 0 Å². The van der Waals surface area contributed by atoms with Crippen molar-refractivity contribution in [1.29, 1.82) is 5.41 Å². The molecular formula is C16H26N4O5S. The van der Waals surface area contributed by atoms with E-state index in [1.54, 1.807) is 26.8 Å². The number of aliphatic carboxylic acids is 1. The van der Waals surface area contributed by atoms with Crippen molar-refractivity contribution < 1.29 is 23.1 Å². The van der Waals surface area contributed by atoms with Crippen LogP contribution in [0.1, 0.15) is 29.5 Å².